The molecule has 1 aromatic rings. The number of piperidine rings is 1. The summed E-state index contributed by atoms with van der Waals surface area (Å²) in [4.78, 5) is 14.2. The van der Waals surface area contributed by atoms with Crippen molar-refractivity contribution in [3.63, 3.8) is 0 Å². The molecule has 0 aliphatic carbocycles. The molecule has 2 aliphatic heterocycles. The van der Waals surface area contributed by atoms with Crippen LogP contribution in [0.25, 0.3) is 0 Å². The van der Waals surface area contributed by atoms with Crippen molar-refractivity contribution >= 4 is 34.9 Å². The summed E-state index contributed by atoms with van der Waals surface area (Å²) < 4.78 is 0. The van der Waals surface area contributed by atoms with Gasteiger partial charge in [0.05, 0.1) is 0 Å². The van der Waals surface area contributed by atoms with E-state index in [4.69, 9.17) is 22.2 Å². The van der Waals surface area contributed by atoms with Crippen LogP contribution in [0.1, 0.15) is 33.1 Å². The normalized spacial score (nSPS) is 23.0. The van der Waals surface area contributed by atoms with Crippen molar-refractivity contribution in [1.29, 1.82) is 0 Å². The summed E-state index contributed by atoms with van der Waals surface area (Å²) in [5, 5.41) is 6.74. The molecule has 0 aromatic carbocycles. The second-order valence-corrected chi connectivity index (χ2v) is 7.99. The van der Waals surface area contributed by atoms with E-state index in [9.17, 15) is 0 Å². The Morgan fingerprint density at radius 2 is 1.81 bits per heavy atom. The van der Waals surface area contributed by atoms with Crippen LogP contribution >= 0.6 is 12.2 Å². The lowest BCUT2D eigenvalue weighted by Gasteiger charge is -2.36. The van der Waals surface area contributed by atoms with Crippen LogP contribution in [0, 0.1) is 11.8 Å². The van der Waals surface area contributed by atoms with Gasteiger partial charge in [-0.1, -0.05) is 19.9 Å². The van der Waals surface area contributed by atoms with Crippen LogP contribution < -0.4 is 20.4 Å². The first kappa shape index (κ1) is 18.9. The Morgan fingerprint density at radius 1 is 1.19 bits per heavy atom. The zero-order valence-electron chi connectivity index (χ0n) is 15.9. The highest BCUT2D eigenvalue weighted by Crippen LogP contribution is 2.29. The topological polar surface area (TPSA) is 56.3 Å². The number of rotatable bonds is 5. The van der Waals surface area contributed by atoms with Gasteiger partial charge in [-0.25, -0.2) is 0 Å². The van der Waals surface area contributed by atoms with Crippen LogP contribution in [-0.4, -0.2) is 47.8 Å². The van der Waals surface area contributed by atoms with Crippen molar-refractivity contribution in [1.82, 2.24) is 15.3 Å². The molecule has 2 saturated heterocycles. The van der Waals surface area contributed by atoms with E-state index in [0.717, 1.165) is 37.8 Å². The van der Waals surface area contributed by atoms with Gasteiger partial charge in [0.15, 0.2) is 5.11 Å². The molecular weight excluding hydrogens is 344 g/mol. The molecule has 26 heavy (non-hydrogen) atoms. The highest BCUT2D eigenvalue weighted by atomic mass is 32.1. The first-order valence-electron chi connectivity index (χ1n) is 9.60. The van der Waals surface area contributed by atoms with E-state index >= 15 is 0 Å². The number of nitrogens with one attached hydrogen (secondary N) is 2. The summed E-state index contributed by atoms with van der Waals surface area (Å²) in [6.45, 7) is 13.2. The average Bonchev–Trinajstić information content (AvgIpc) is 3.13. The van der Waals surface area contributed by atoms with Crippen molar-refractivity contribution in [2.75, 3.05) is 47.8 Å². The van der Waals surface area contributed by atoms with E-state index in [2.05, 4.69) is 46.9 Å². The summed E-state index contributed by atoms with van der Waals surface area (Å²) in [5.41, 5.74) is 0. The maximum atomic E-state index is 5.34. The van der Waals surface area contributed by atoms with Gasteiger partial charge < -0.3 is 20.4 Å². The molecule has 2 fully saturated rings. The SMILES string of the molecule is C=CCNC(=S)Nc1nc(N2CCCC2)cc(N2C[C@H](C)C[C@@H](C)C2)n1. The lowest BCUT2D eigenvalue weighted by atomic mass is 9.92. The second-order valence-electron chi connectivity index (χ2n) is 7.58. The molecule has 3 heterocycles. The summed E-state index contributed by atoms with van der Waals surface area (Å²) in [6.07, 6.45) is 5.50. The molecule has 2 atom stereocenters. The van der Waals surface area contributed by atoms with Crippen molar-refractivity contribution in [2.24, 2.45) is 11.8 Å². The predicted octanol–water partition coefficient (Wildman–Crippen LogP) is 3.03. The summed E-state index contributed by atoms with van der Waals surface area (Å²) in [6, 6.07) is 2.14. The predicted molar refractivity (Wildman–Crippen MR) is 113 cm³/mol. The van der Waals surface area contributed by atoms with Gasteiger partial charge in [-0.3, -0.25) is 0 Å². The molecule has 0 unspecified atom stereocenters. The van der Waals surface area contributed by atoms with Gasteiger partial charge in [0.1, 0.15) is 11.6 Å². The first-order valence-corrected chi connectivity index (χ1v) is 10.0. The van der Waals surface area contributed by atoms with Gasteiger partial charge in [-0.2, -0.15) is 9.97 Å². The zero-order valence-corrected chi connectivity index (χ0v) is 16.7. The minimum Gasteiger partial charge on any atom is -0.359 e. The fourth-order valence-corrected chi connectivity index (χ4v) is 4.08. The fourth-order valence-electron chi connectivity index (χ4n) is 3.91. The smallest absolute Gasteiger partial charge is 0.232 e. The van der Waals surface area contributed by atoms with Crippen LogP contribution in [0.5, 0.6) is 0 Å². The number of thiocarbonyl (C=S) groups is 1. The van der Waals surface area contributed by atoms with Gasteiger partial charge in [-0.15, -0.1) is 6.58 Å². The number of hydrogen-bond acceptors (Lipinski definition) is 5. The maximum absolute atomic E-state index is 5.34. The van der Waals surface area contributed by atoms with Crippen LogP contribution in [0.2, 0.25) is 0 Å². The first-order chi connectivity index (χ1) is 12.5. The van der Waals surface area contributed by atoms with Crippen molar-refractivity contribution in [2.45, 2.75) is 33.1 Å². The molecule has 7 heteroatoms. The second kappa shape index (κ2) is 8.66. The molecule has 0 bridgehead atoms. The van der Waals surface area contributed by atoms with Gasteiger partial charge in [0.25, 0.3) is 0 Å². The van der Waals surface area contributed by atoms with Crippen LogP contribution in [0.15, 0.2) is 18.7 Å². The Balaban J connectivity index is 1.84. The molecule has 3 rings (SSSR count). The van der Waals surface area contributed by atoms with Crippen molar-refractivity contribution in [3.8, 4) is 0 Å². The highest BCUT2D eigenvalue weighted by molar-refractivity contribution is 7.80. The van der Waals surface area contributed by atoms with Crippen LogP contribution in [0.3, 0.4) is 0 Å². The molecule has 6 nitrogen and oxygen atoms in total. The number of hydrogen-bond donors (Lipinski definition) is 2. The van der Waals surface area contributed by atoms with Gasteiger partial charge >= 0.3 is 0 Å². The molecule has 0 radical (unpaired) electrons. The molecule has 142 valence electrons. The van der Waals surface area contributed by atoms with Crippen LogP contribution in [0.4, 0.5) is 17.6 Å². The summed E-state index contributed by atoms with van der Waals surface area (Å²) >= 11 is 5.34. The molecule has 2 aliphatic rings. The fraction of sp³-hybridized carbons (Fsp3) is 0.632. The molecule has 0 amide bonds. The average molecular weight is 375 g/mol. The van der Waals surface area contributed by atoms with E-state index in [0.29, 0.717) is 29.4 Å². The lowest BCUT2D eigenvalue weighted by Crippen LogP contribution is -2.39. The molecule has 2 N–H and O–H groups in total. The quantitative estimate of drug-likeness (QED) is 0.607. The monoisotopic (exact) mass is 374 g/mol. The summed E-state index contributed by atoms with van der Waals surface area (Å²) in [7, 11) is 0. The minimum atomic E-state index is 0.523. The van der Waals surface area contributed by atoms with Crippen molar-refractivity contribution in [3.05, 3.63) is 18.7 Å². The number of aromatic nitrogens is 2. The molecular formula is C19H30N6S. The largest absolute Gasteiger partial charge is 0.359 e. The Hall–Kier alpha value is -1.89. The third-order valence-electron chi connectivity index (χ3n) is 4.95. The summed E-state index contributed by atoms with van der Waals surface area (Å²) in [5.74, 6) is 3.91. The van der Waals surface area contributed by atoms with E-state index in [1.165, 1.54) is 19.3 Å². The van der Waals surface area contributed by atoms with Crippen molar-refractivity contribution < 1.29 is 0 Å². The van der Waals surface area contributed by atoms with E-state index < -0.39 is 0 Å². The Labute approximate surface area is 162 Å². The highest BCUT2D eigenvalue weighted by Gasteiger charge is 2.25. The third kappa shape index (κ3) is 4.84. The Kier molecular flexibility index (Phi) is 6.29. The van der Waals surface area contributed by atoms with Gasteiger partial charge in [-0.05, 0) is 43.3 Å². The van der Waals surface area contributed by atoms with Crippen LogP contribution in [-0.2, 0) is 0 Å². The van der Waals surface area contributed by atoms with E-state index in [1.54, 1.807) is 6.08 Å². The molecule has 0 spiro atoms. The maximum Gasteiger partial charge on any atom is 0.232 e. The Bertz CT molecular complexity index is 633. The van der Waals surface area contributed by atoms with E-state index in [1.807, 2.05) is 0 Å². The lowest BCUT2D eigenvalue weighted by molar-refractivity contribution is 0.355. The zero-order chi connectivity index (χ0) is 18.5. The minimum absolute atomic E-state index is 0.523. The standard InChI is InChI=1S/C19H30N6S/c1-4-7-20-19(26)23-18-21-16(24-8-5-6-9-24)11-17(22-18)25-12-14(2)10-15(3)13-25/h4,11,14-15H,1,5-10,12-13H2,2-3H3,(H2,20,21,22,23,26)/t14-,15-/m1/s1. The molecule has 0 saturated carbocycles. The van der Waals surface area contributed by atoms with Gasteiger partial charge in [0.2, 0.25) is 5.95 Å². The molecule has 1 aromatic heterocycles. The van der Waals surface area contributed by atoms with E-state index in [-0.39, 0.29) is 0 Å². The number of nitrogens with zero attached hydrogens (tertiary/aromatic N) is 4. The van der Waals surface area contributed by atoms with Gasteiger partial charge in [0, 0.05) is 38.8 Å². The number of anilines is 3. The third-order valence-corrected chi connectivity index (χ3v) is 5.20. The Morgan fingerprint density at radius 3 is 2.42 bits per heavy atom.